The third-order valence-electron chi connectivity index (χ3n) is 4.61. The molecule has 5 nitrogen and oxygen atoms in total. The molecule has 1 unspecified atom stereocenters. The highest BCUT2D eigenvalue weighted by atomic mass is 32.1. The van der Waals surface area contributed by atoms with E-state index in [1.807, 2.05) is 0 Å². The Balaban J connectivity index is 1.90. The molecule has 0 aliphatic carbocycles. The molecule has 3 rings (SSSR count). The highest BCUT2D eigenvalue weighted by molar-refractivity contribution is 7.13. The number of benzene rings is 1. The minimum atomic E-state index is -4.49. The lowest BCUT2D eigenvalue weighted by Gasteiger charge is -2.25. The first-order valence-electron chi connectivity index (χ1n) is 8.85. The molecule has 150 valence electrons. The average Bonchev–Trinajstić information content (AvgIpc) is 3.18. The first kappa shape index (κ1) is 20.3. The predicted octanol–water partition coefficient (Wildman–Crippen LogP) is 3.87. The van der Waals surface area contributed by atoms with Gasteiger partial charge in [-0.1, -0.05) is 12.1 Å². The summed E-state index contributed by atoms with van der Waals surface area (Å²) < 4.78 is 39.4. The lowest BCUT2D eigenvalue weighted by molar-refractivity contribution is -0.137. The molecule has 0 spiro atoms. The minimum absolute atomic E-state index is 0.0592. The number of hydrogen-bond donors (Lipinski definition) is 1. The lowest BCUT2D eigenvalue weighted by Crippen LogP contribution is -2.38. The minimum Gasteiger partial charge on any atom is -0.343 e. The number of thiazole rings is 1. The van der Waals surface area contributed by atoms with Crippen LogP contribution in [0, 0.1) is 13.8 Å². The van der Waals surface area contributed by atoms with Crippen molar-refractivity contribution in [2.45, 2.75) is 38.9 Å². The van der Waals surface area contributed by atoms with Crippen molar-refractivity contribution in [1.29, 1.82) is 0 Å². The van der Waals surface area contributed by atoms with E-state index in [0.717, 1.165) is 17.1 Å². The van der Waals surface area contributed by atoms with Crippen LogP contribution >= 0.6 is 11.3 Å². The van der Waals surface area contributed by atoms with Crippen molar-refractivity contribution in [3.63, 3.8) is 0 Å². The molecule has 2 aromatic rings. The third-order valence-corrected chi connectivity index (χ3v) is 5.68. The van der Waals surface area contributed by atoms with Crippen molar-refractivity contribution in [3.05, 3.63) is 51.0 Å². The summed E-state index contributed by atoms with van der Waals surface area (Å²) in [5.74, 6) is -0.465. The Kier molecular flexibility index (Phi) is 5.74. The molecule has 1 aromatic carbocycles. The number of likely N-dealkylation sites (tertiary alicyclic amines) is 1. The molecule has 1 aromatic heterocycles. The number of aryl methyl sites for hydroxylation is 2. The molecule has 2 heterocycles. The number of alkyl halides is 3. The van der Waals surface area contributed by atoms with E-state index in [9.17, 15) is 22.8 Å². The fourth-order valence-corrected chi connectivity index (χ4v) is 4.07. The number of nitrogens with zero attached hydrogens (tertiary/aromatic N) is 2. The van der Waals surface area contributed by atoms with E-state index < -0.39 is 23.7 Å². The molecule has 1 fully saturated rings. The summed E-state index contributed by atoms with van der Waals surface area (Å²) in [6.45, 7) is 4.15. The summed E-state index contributed by atoms with van der Waals surface area (Å²) in [4.78, 5) is 31.0. The molecule has 1 atom stereocenters. The number of hydrogen-bond acceptors (Lipinski definition) is 4. The van der Waals surface area contributed by atoms with Gasteiger partial charge in [0.1, 0.15) is 4.88 Å². The third kappa shape index (κ3) is 4.52. The maximum atomic E-state index is 13.1. The SMILES string of the molecule is Cc1nc(C)c(C(=O)NC(CN2CCCC2=O)c2cccc(C(F)(F)F)c2)s1. The van der Waals surface area contributed by atoms with Crippen LogP contribution in [0.25, 0.3) is 0 Å². The number of amides is 2. The van der Waals surface area contributed by atoms with E-state index >= 15 is 0 Å². The van der Waals surface area contributed by atoms with Gasteiger partial charge in [0.05, 0.1) is 22.3 Å². The largest absolute Gasteiger partial charge is 0.416 e. The zero-order valence-corrected chi connectivity index (χ0v) is 16.3. The quantitative estimate of drug-likeness (QED) is 0.813. The van der Waals surface area contributed by atoms with Gasteiger partial charge >= 0.3 is 6.18 Å². The standard InChI is InChI=1S/C19H20F3N3O2S/c1-11-17(28-12(2)23-11)18(27)24-15(10-25-8-4-7-16(25)26)13-5-3-6-14(9-13)19(20,21)22/h3,5-6,9,15H,4,7-8,10H2,1-2H3,(H,24,27). The van der Waals surface area contributed by atoms with Gasteiger partial charge in [0.2, 0.25) is 5.91 Å². The van der Waals surface area contributed by atoms with Gasteiger partial charge < -0.3 is 10.2 Å². The van der Waals surface area contributed by atoms with Crippen LogP contribution in [0.1, 0.15) is 50.4 Å². The molecule has 1 aliphatic rings. The first-order valence-corrected chi connectivity index (χ1v) is 9.66. The molecule has 1 aliphatic heterocycles. The number of aromatic nitrogens is 1. The van der Waals surface area contributed by atoms with Crippen molar-refractivity contribution in [3.8, 4) is 0 Å². The Labute approximate surface area is 164 Å². The molecule has 9 heteroatoms. The van der Waals surface area contributed by atoms with E-state index in [4.69, 9.17) is 0 Å². The van der Waals surface area contributed by atoms with Gasteiger partial charge in [-0.3, -0.25) is 9.59 Å². The van der Waals surface area contributed by atoms with Crippen LogP contribution in [0.5, 0.6) is 0 Å². The number of rotatable bonds is 5. The molecular weight excluding hydrogens is 391 g/mol. The predicted molar refractivity (Wildman–Crippen MR) is 99.1 cm³/mol. The maximum absolute atomic E-state index is 13.1. The van der Waals surface area contributed by atoms with Crippen LogP contribution in [0.15, 0.2) is 24.3 Å². The van der Waals surface area contributed by atoms with Crippen LogP contribution in [0.4, 0.5) is 13.2 Å². The number of carbonyl (C=O) groups is 2. The van der Waals surface area contributed by atoms with Gasteiger partial charge in [-0.15, -0.1) is 11.3 Å². The second-order valence-electron chi connectivity index (χ2n) is 6.74. The van der Waals surface area contributed by atoms with Crippen LogP contribution in [-0.2, 0) is 11.0 Å². The second-order valence-corrected chi connectivity index (χ2v) is 7.94. The van der Waals surface area contributed by atoms with E-state index in [0.29, 0.717) is 35.5 Å². The topological polar surface area (TPSA) is 62.3 Å². The zero-order valence-electron chi connectivity index (χ0n) is 15.5. The molecule has 1 saturated heterocycles. The van der Waals surface area contributed by atoms with E-state index in [1.54, 1.807) is 18.7 Å². The van der Waals surface area contributed by atoms with Crippen LogP contribution in [-0.4, -0.2) is 34.8 Å². The van der Waals surface area contributed by atoms with Crippen molar-refractivity contribution in [2.75, 3.05) is 13.1 Å². The van der Waals surface area contributed by atoms with Gasteiger partial charge in [-0.25, -0.2) is 4.98 Å². The first-order chi connectivity index (χ1) is 13.1. The monoisotopic (exact) mass is 411 g/mol. The highest BCUT2D eigenvalue weighted by Gasteiger charge is 2.32. The Bertz CT molecular complexity index is 895. The van der Waals surface area contributed by atoms with Gasteiger partial charge in [0.15, 0.2) is 0 Å². The Morgan fingerprint density at radius 3 is 2.68 bits per heavy atom. The lowest BCUT2D eigenvalue weighted by atomic mass is 10.0. The van der Waals surface area contributed by atoms with Gasteiger partial charge in [-0.05, 0) is 38.0 Å². The average molecular weight is 411 g/mol. The summed E-state index contributed by atoms with van der Waals surface area (Å²) in [5, 5.41) is 3.53. The fraction of sp³-hybridized carbons (Fsp3) is 0.421. The Hall–Kier alpha value is -2.42. The van der Waals surface area contributed by atoms with E-state index in [-0.39, 0.29) is 12.5 Å². The van der Waals surface area contributed by atoms with E-state index in [2.05, 4.69) is 10.3 Å². The van der Waals surface area contributed by atoms with E-state index in [1.165, 1.54) is 23.5 Å². The number of carbonyl (C=O) groups excluding carboxylic acids is 2. The molecule has 1 N–H and O–H groups in total. The molecule has 28 heavy (non-hydrogen) atoms. The molecule has 2 amide bonds. The highest BCUT2D eigenvalue weighted by Crippen LogP contribution is 2.31. The van der Waals surface area contributed by atoms with Gasteiger partial charge in [0, 0.05) is 19.5 Å². The van der Waals surface area contributed by atoms with Crippen molar-refractivity contribution >= 4 is 23.2 Å². The van der Waals surface area contributed by atoms with Gasteiger partial charge in [-0.2, -0.15) is 13.2 Å². The van der Waals surface area contributed by atoms with Crippen molar-refractivity contribution < 1.29 is 22.8 Å². The van der Waals surface area contributed by atoms with Crippen molar-refractivity contribution in [2.24, 2.45) is 0 Å². The maximum Gasteiger partial charge on any atom is 0.416 e. The summed E-state index contributed by atoms with van der Waals surface area (Å²) in [7, 11) is 0. The molecule has 0 saturated carbocycles. The summed E-state index contributed by atoms with van der Waals surface area (Å²) >= 11 is 1.23. The second kappa shape index (κ2) is 7.90. The molecular formula is C19H20F3N3O2S. The van der Waals surface area contributed by atoms with Crippen LogP contribution in [0.3, 0.4) is 0 Å². The van der Waals surface area contributed by atoms with Crippen molar-refractivity contribution in [1.82, 2.24) is 15.2 Å². The van der Waals surface area contributed by atoms with Crippen LogP contribution < -0.4 is 5.32 Å². The molecule has 0 radical (unpaired) electrons. The normalized spacial score (nSPS) is 15.8. The smallest absolute Gasteiger partial charge is 0.343 e. The number of nitrogens with one attached hydrogen (secondary N) is 1. The number of halogens is 3. The Morgan fingerprint density at radius 2 is 2.11 bits per heavy atom. The summed E-state index contributed by atoms with van der Waals surface area (Å²) in [6.07, 6.45) is -3.37. The summed E-state index contributed by atoms with van der Waals surface area (Å²) in [6, 6.07) is 4.10. The van der Waals surface area contributed by atoms with Gasteiger partial charge in [0.25, 0.3) is 5.91 Å². The summed E-state index contributed by atoms with van der Waals surface area (Å²) in [5.41, 5.74) is 0.0867. The van der Waals surface area contributed by atoms with Crippen LogP contribution in [0.2, 0.25) is 0 Å². The fourth-order valence-electron chi connectivity index (χ4n) is 3.25. The molecule has 0 bridgehead atoms. The zero-order chi connectivity index (χ0) is 20.5. The Morgan fingerprint density at radius 1 is 1.36 bits per heavy atom.